The summed E-state index contributed by atoms with van der Waals surface area (Å²) in [5.41, 5.74) is 0. The van der Waals surface area contributed by atoms with E-state index >= 15 is 0 Å². The van der Waals surface area contributed by atoms with E-state index in [2.05, 4.69) is 26.2 Å². The van der Waals surface area contributed by atoms with Crippen molar-refractivity contribution in [1.29, 1.82) is 0 Å². The van der Waals surface area contributed by atoms with Gasteiger partial charge in [-0.05, 0) is 15.9 Å². The average molecular weight is 206 g/mol. The highest BCUT2D eigenvalue weighted by molar-refractivity contribution is 9.11. The molecule has 0 saturated heterocycles. The van der Waals surface area contributed by atoms with Gasteiger partial charge in [0.15, 0.2) is 0 Å². The summed E-state index contributed by atoms with van der Waals surface area (Å²) in [6.45, 7) is 1.54. The molecule has 0 bridgehead atoms. The molecule has 0 atom stereocenters. The summed E-state index contributed by atoms with van der Waals surface area (Å²) < 4.78 is 5.21. The van der Waals surface area contributed by atoms with Crippen molar-refractivity contribution < 1.29 is 9.84 Å². The Hall–Kier alpha value is -0.710. The van der Waals surface area contributed by atoms with E-state index < -0.39 is 0 Å². The van der Waals surface area contributed by atoms with Gasteiger partial charge in [-0.2, -0.15) is 4.99 Å². The van der Waals surface area contributed by atoms with Crippen molar-refractivity contribution in [2.75, 3.05) is 7.11 Å². The Balaban J connectivity index is 2.76. The Morgan fingerprint density at radius 2 is 2.50 bits per heavy atom. The number of nitrogens with one attached hydrogen (secondary N) is 1. The number of nitrogens with zero attached hydrogens (tertiary/aromatic N) is 1. The molecule has 1 aliphatic heterocycles. The number of amidine groups is 1. The van der Waals surface area contributed by atoms with Gasteiger partial charge in [0, 0.05) is 0 Å². The Kier molecular flexibility index (Phi) is 2.16. The van der Waals surface area contributed by atoms with Crippen LogP contribution in [0.25, 0.3) is 0 Å². The standard InChI is InChI=1S/C5H6BrN2O2/c1-10-5-7-2-3(6)4(9)8-5/h2,9H,1H3,(H,7,8). The third-order valence-electron chi connectivity index (χ3n) is 0.937. The molecule has 1 radical (unpaired) electrons. The fourth-order valence-corrected chi connectivity index (χ4v) is 0.679. The quantitative estimate of drug-likeness (QED) is 0.618. The zero-order valence-corrected chi connectivity index (χ0v) is 6.84. The number of aliphatic imine (C=N–C) groups is 1. The number of aliphatic hydroxyl groups excluding tert-OH is 1. The minimum absolute atomic E-state index is 0.0874. The van der Waals surface area contributed by atoms with Crippen molar-refractivity contribution in [3.8, 4) is 0 Å². The summed E-state index contributed by atoms with van der Waals surface area (Å²) in [5, 5.41) is 11.7. The molecule has 4 nitrogen and oxygen atoms in total. The number of hydrogen-bond donors (Lipinski definition) is 2. The predicted molar refractivity (Wildman–Crippen MR) is 40.5 cm³/mol. The Bertz CT molecular complexity index is 200. The summed E-state index contributed by atoms with van der Waals surface area (Å²) in [4.78, 5) is 3.62. The van der Waals surface area contributed by atoms with Crippen LogP contribution in [0.2, 0.25) is 0 Å². The van der Waals surface area contributed by atoms with E-state index in [-0.39, 0.29) is 11.9 Å². The lowest BCUT2D eigenvalue weighted by molar-refractivity contribution is 0.358. The van der Waals surface area contributed by atoms with Crippen molar-refractivity contribution in [2.24, 2.45) is 4.99 Å². The van der Waals surface area contributed by atoms with Gasteiger partial charge in [0.25, 0.3) is 6.02 Å². The number of halogens is 1. The fourth-order valence-electron chi connectivity index (χ4n) is 0.476. The highest BCUT2D eigenvalue weighted by Crippen LogP contribution is 2.15. The summed E-state index contributed by atoms with van der Waals surface area (Å²) in [6, 6.07) is 0.278. The summed E-state index contributed by atoms with van der Waals surface area (Å²) in [6.07, 6.45) is 0. The van der Waals surface area contributed by atoms with E-state index in [0.29, 0.717) is 4.48 Å². The van der Waals surface area contributed by atoms with E-state index in [4.69, 9.17) is 9.84 Å². The molecule has 0 unspecified atom stereocenters. The fraction of sp³-hybridized carbons (Fsp3) is 0.200. The molecule has 0 amide bonds. The molecule has 0 aromatic heterocycles. The molecule has 1 heterocycles. The normalized spacial score (nSPS) is 18.0. The van der Waals surface area contributed by atoms with Gasteiger partial charge in [-0.3, -0.25) is 0 Å². The van der Waals surface area contributed by atoms with Gasteiger partial charge in [-0.25, -0.2) is 0 Å². The first-order chi connectivity index (χ1) is 4.74. The minimum Gasteiger partial charge on any atom is -0.493 e. The maximum absolute atomic E-state index is 8.97. The monoisotopic (exact) mass is 205 g/mol. The summed E-state index contributed by atoms with van der Waals surface area (Å²) >= 11 is 3.06. The van der Waals surface area contributed by atoms with E-state index in [0.717, 1.165) is 0 Å². The van der Waals surface area contributed by atoms with E-state index in [9.17, 15) is 0 Å². The molecule has 55 valence electrons. The first-order valence-electron chi connectivity index (χ1n) is 2.55. The summed E-state index contributed by atoms with van der Waals surface area (Å²) in [5.74, 6) is -0.0874. The predicted octanol–water partition coefficient (Wildman–Crippen LogP) is 0.876. The van der Waals surface area contributed by atoms with E-state index in [1.807, 2.05) is 0 Å². The Labute approximate surface area is 66.7 Å². The van der Waals surface area contributed by atoms with Gasteiger partial charge < -0.3 is 15.2 Å². The molecule has 0 aromatic carbocycles. The highest BCUT2D eigenvalue weighted by atomic mass is 79.9. The van der Waals surface area contributed by atoms with Crippen LogP contribution in [-0.2, 0) is 4.74 Å². The van der Waals surface area contributed by atoms with Crippen molar-refractivity contribution in [1.82, 2.24) is 5.32 Å². The first kappa shape index (κ1) is 7.40. The molecule has 10 heavy (non-hydrogen) atoms. The van der Waals surface area contributed by atoms with Gasteiger partial charge in [-0.1, -0.05) is 0 Å². The van der Waals surface area contributed by atoms with Crippen molar-refractivity contribution in [3.05, 3.63) is 16.9 Å². The second-order valence-corrected chi connectivity index (χ2v) is 2.44. The SMILES string of the molecule is COC1=NC(O)=C(Br)[CH]N1. The molecule has 1 rings (SSSR count). The van der Waals surface area contributed by atoms with Crippen molar-refractivity contribution in [2.45, 2.75) is 0 Å². The maximum Gasteiger partial charge on any atom is 0.293 e. The zero-order chi connectivity index (χ0) is 7.56. The third-order valence-corrected chi connectivity index (χ3v) is 1.52. The molecule has 0 aliphatic carbocycles. The van der Waals surface area contributed by atoms with E-state index in [1.165, 1.54) is 7.11 Å². The lowest BCUT2D eigenvalue weighted by Crippen LogP contribution is -2.25. The molecule has 0 saturated carbocycles. The highest BCUT2D eigenvalue weighted by Gasteiger charge is 2.11. The van der Waals surface area contributed by atoms with E-state index in [1.54, 1.807) is 6.54 Å². The summed E-state index contributed by atoms with van der Waals surface area (Å²) in [7, 11) is 1.46. The molecular formula is C5H6BrN2O2. The minimum atomic E-state index is -0.0874. The van der Waals surface area contributed by atoms with Gasteiger partial charge in [0.2, 0.25) is 5.88 Å². The van der Waals surface area contributed by atoms with Crippen LogP contribution in [0, 0.1) is 6.54 Å². The van der Waals surface area contributed by atoms with Gasteiger partial charge in [0.05, 0.1) is 18.1 Å². The lowest BCUT2D eigenvalue weighted by atomic mass is 10.5. The largest absolute Gasteiger partial charge is 0.493 e. The number of rotatable bonds is 0. The topological polar surface area (TPSA) is 53.9 Å². The molecule has 2 N–H and O–H groups in total. The first-order valence-corrected chi connectivity index (χ1v) is 3.34. The van der Waals surface area contributed by atoms with Crippen molar-refractivity contribution in [3.63, 3.8) is 0 Å². The number of aliphatic hydroxyl groups is 1. The van der Waals surface area contributed by atoms with Gasteiger partial charge >= 0.3 is 0 Å². The van der Waals surface area contributed by atoms with Crippen LogP contribution in [-0.4, -0.2) is 18.2 Å². The molecule has 1 aliphatic rings. The molecular weight excluding hydrogens is 200 g/mol. The maximum atomic E-state index is 8.97. The second kappa shape index (κ2) is 2.92. The molecule has 0 spiro atoms. The molecule has 5 heteroatoms. The van der Waals surface area contributed by atoms with Crippen LogP contribution in [0.5, 0.6) is 0 Å². The number of methoxy groups -OCH3 is 1. The lowest BCUT2D eigenvalue weighted by Gasteiger charge is -2.11. The van der Waals surface area contributed by atoms with Crippen LogP contribution in [0.3, 0.4) is 0 Å². The van der Waals surface area contributed by atoms with Crippen molar-refractivity contribution >= 4 is 22.0 Å². The van der Waals surface area contributed by atoms with Crippen LogP contribution < -0.4 is 5.32 Å². The Morgan fingerprint density at radius 3 is 3.00 bits per heavy atom. The third kappa shape index (κ3) is 1.41. The number of hydrogen-bond acceptors (Lipinski definition) is 4. The van der Waals surface area contributed by atoms with Gasteiger partial charge in [-0.15, -0.1) is 0 Å². The van der Waals surface area contributed by atoms with Crippen LogP contribution in [0.4, 0.5) is 0 Å². The smallest absolute Gasteiger partial charge is 0.293 e. The van der Waals surface area contributed by atoms with Crippen LogP contribution >= 0.6 is 15.9 Å². The average Bonchev–Trinajstić information content (AvgIpc) is 1.95. The molecule has 0 fully saturated rings. The molecule has 0 aromatic rings. The zero-order valence-electron chi connectivity index (χ0n) is 5.26. The van der Waals surface area contributed by atoms with Crippen LogP contribution in [0.1, 0.15) is 0 Å². The number of ether oxygens (including phenoxy) is 1. The van der Waals surface area contributed by atoms with Crippen LogP contribution in [0.15, 0.2) is 15.4 Å². The van der Waals surface area contributed by atoms with Gasteiger partial charge in [0.1, 0.15) is 0 Å². The Morgan fingerprint density at radius 1 is 1.80 bits per heavy atom. The second-order valence-electron chi connectivity index (χ2n) is 1.58.